The van der Waals surface area contributed by atoms with Crippen LogP contribution >= 0.6 is 0 Å². The molecule has 1 aromatic rings. The smallest absolute Gasteiger partial charge is 0.326 e. The van der Waals surface area contributed by atoms with Gasteiger partial charge in [0.1, 0.15) is 18.2 Å². The van der Waals surface area contributed by atoms with E-state index in [1.807, 2.05) is 11.6 Å². The molecule has 0 radical (unpaired) electrons. The fourth-order valence-corrected chi connectivity index (χ4v) is 3.14. The third-order valence-corrected chi connectivity index (χ3v) is 4.26. The molecule has 0 spiro atoms. The van der Waals surface area contributed by atoms with Crippen LogP contribution in [0.4, 0.5) is 0 Å². The van der Waals surface area contributed by atoms with Crippen LogP contribution in [0.3, 0.4) is 0 Å². The van der Waals surface area contributed by atoms with Crippen LogP contribution in [0.5, 0.6) is 0 Å². The topological polar surface area (TPSA) is 69.0 Å². The van der Waals surface area contributed by atoms with Crippen molar-refractivity contribution >= 4 is 5.97 Å². The van der Waals surface area contributed by atoms with Gasteiger partial charge in [-0.1, -0.05) is 0 Å². The molecule has 0 amide bonds. The molecule has 110 valence electrons. The van der Waals surface area contributed by atoms with E-state index in [-0.39, 0.29) is 12.0 Å². The van der Waals surface area contributed by atoms with Crippen LogP contribution < -0.4 is 5.32 Å². The summed E-state index contributed by atoms with van der Waals surface area (Å²) < 4.78 is 7.21. The first-order valence-electron chi connectivity index (χ1n) is 7.52. The molecule has 6 heteroatoms. The van der Waals surface area contributed by atoms with Gasteiger partial charge in [-0.2, -0.15) is 5.10 Å². The quantitative estimate of drug-likeness (QED) is 0.826. The lowest BCUT2D eigenvalue weighted by Gasteiger charge is -2.39. The van der Waals surface area contributed by atoms with Gasteiger partial charge in [-0.15, -0.1) is 0 Å². The van der Waals surface area contributed by atoms with Crippen molar-refractivity contribution in [3.63, 3.8) is 0 Å². The maximum atomic E-state index is 12.5. The highest BCUT2D eigenvalue weighted by atomic mass is 16.5. The molecule has 1 aromatic heterocycles. The summed E-state index contributed by atoms with van der Waals surface area (Å²) in [6.07, 6.45) is 9.25. The number of aromatic nitrogens is 3. The van der Waals surface area contributed by atoms with Gasteiger partial charge in [-0.25, -0.2) is 9.67 Å². The number of nitrogens with zero attached hydrogens (tertiary/aromatic N) is 3. The van der Waals surface area contributed by atoms with Gasteiger partial charge in [0, 0.05) is 6.04 Å². The number of rotatable bonds is 5. The average molecular weight is 278 g/mol. The second kappa shape index (κ2) is 5.52. The van der Waals surface area contributed by atoms with Crippen molar-refractivity contribution < 1.29 is 9.53 Å². The standard InChI is InChI=1S/C14H22N4O2/c1-2-20-13(19)14(17-11-5-6-11)7-3-4-12(8-14)18-10-15-9-16-18/h9-12,17H,2-8H2,1H3. The Kier molecular flexibility index (Phi) is 3.74. The second-order valence-electron chi connectivity index (χ2n) is 5.85. The molecule has 1 N–H and O–H groups in total. The Bertz CT molecular complexity index is 458. The highest BCUT2D eigenvalue weighted by Crippen LogP contribution is 2.38. The molecule has 2 atom stereocenters. The van der Waals surface area contributed by atoms with Crippen LogP contribution in [-0.2, 0) is 9.53 Å². The van der Waals surface area contributed by atoms with Crippen LogP contribution in [0, 0.1) is 0 Å². The number of carbonyl (C=O) groups excluding carboxylic acids is 1. The summed E-state index contributed by atoms with van der Waals surface area (Å²) in [5.74, 6) is -0.100. The molecule has 2 fully saturated rings. The molecule has 2 saturated carbocycles. The van der Waals surface area contributed by atoms with Crippen LogP contribution in [0.15, 0.2) is 12.7 Å². The first kappa shape index (κ1) is 13.5. The normalized spacial score (nSPS) is 30.1. The Morgan fingerprint density at radius 1 is 1.50 bits per heavy atom. The van der Waals surface area contributed by atoms with Crippen molar-refractivity contribution in [2.45, 2.75) is 63.1 Å². The SMILES string of the molecule is CCOC(=O)C1(NC2CC2)CCCC(n2cncn2)C1. The number of hydrogen-bond acceptors (Lipinski definition) is 5. The monoisotopic (exact) mass is 278 g/mol. The Balaban J connectivity index is 1.78. The van der Waals surface area contributed by atoms with E-state index in [0.29, 0.717) is 12.6 Å². The predicted octanol–water partition coefficient (Wildman–Crippen LogP) is 1.45. The molecule has 0 saturated heterocycles. The zero-order valence-electron chi connectivity index (χ0n) is 11.9. The van der Waals surface area contributed by atoms with Gasteiger partial charge in [0.15, 0.2) is 0 Å². The summed E-state index contributed by atoms with van der Waals surface area (Å²) in [6, 6.07) is 0.704. The molecule has 0 bridgehead atoms. The lowest BCUT2D eigenvalue weighted by Crippen LogP contribution is -2.56. The van der Waals surface area contributed by atoms with E-state index >= 15 is 0 Å². The fraction of sp³-hybridized carbons (Fsp3) is 0.786. The van der Waals surface area contributed by atoms with E-state index in [2.05, 4.69) is 15.4 Å². The lowest BCUT2D eigenvalue weighted by molar-refractivity contribution is -0.153. The molecule has 2 aliphatic rings. The van der Waals surface area contributed by atoms with Gasteiger partial charge in [0.2, 0.25) is 0 Å². The van der Waals surface area contributed by atoms with E-state index < -0.39 is 5.54 Å². The molecular formula is C14H22N4O2. The van der Waals surface area contributed by atoms with Gasteiger partial charge >= 0.3 is 5.97 Å². The van der Waals surface area contributed by atoms with Crippen molar-refractivity contribution in [1.82, 2.24) is 20.1 Å². The second-order valence-corrected chi connectivity index (χ2v) is 5.85. The molecule has 2 unspecified atom stereocenters. The van der Waals surface area contributed by atoms with Gasteiger partial charge in [-0.05, 0) is 45.4 Å². The average Bonchev–Trinajstić information content (AvgIpc) is 3.08. The third kappa shape index (κ3) is 2.70. The third-order valence-electron chi connectivity index (χ3n) is 4.26. The van der Waals surface area contributed by atoms with E-state index in [0.717, 1.165) is 38.5 Å². The summed E-state index contributed by atoms with van der Waals surface area (Å²) in [4.78, 5) is 16.5. The van der Waals surface area contributed by atoms with Crippen molar-refractivity contribution in [3.8, 4) is 0 Å². The number of carbonyl (C=O) groups is 1. The van der Waals surface area contributed by atoms with Crippen molar-refractivity contribution in [1.29, 1.82) is 0 Å². The Morgan fingerprint density at radius 3 is 3.00 bits per heavy atom. The first-order valence-corrected chi connectivity index (χ1v) is 7.52. The Hall–Kier alpha value is -1.43. The lowest BCUT2D eigenvalue weighted by atomic mass is 9.78. The number of ether oxygens (including phenoxy) is 1. The van der Waals surface area contributed by atoms with E-state index in [9.17, 15) is 4.79 Å². The van der Waals surface area contributed by atoms with Gasteiger partial charge in [-0.3, -0.25) is 10.1 Å². The van der Waals surface area contributed by atoms with E-state index in [4.69, 9.17) is 4.74 Å². The van der Waals surface area contributed by atoms with Gasteiger partial charge in [0.05, 0.1) is 12.6 Å². The molecule has 0 aromatic carbocycles. The molecule has 6 nitrogen and oxygen atoms in total. The maximum Gasteiger partial charge on any atom is 0.326 e. The predicted molar refractivity (Wildman–Crippen MR) is 73.0 cm³/mol. The van der Waals surface area contributed by atoms with Crippen LogP contribution in [0.2, 0.25) is 0 Å². The van der Waals surface area contributed by atoms with Crippen LogP contribution in [0.25, 0.3) is 0 Å². The Labute approximate surface area is 118 Å². The zero-order chi connectivity index (χ0) is 14.0. The van der Waals surface area contributed by atoms with Gasteiger partial charge in [0.25, 0.3) is 0 Å². The number of nitrogens with one attached hydrogen (secondary N) is 1. The summed E-state index contributed by atoms with van der Waals surface area (Å²) in [5.41, 5.74) is -0.536. The minimum atomic E-state index is -0.536. The molecule has 20 heavy (non-hydrogen) atoms. The zero-order valence-corrected chi connectivity index (χ0v) is 11.9. The first-order chi connectivity index (χ1) is 9.73. The van der Waals surface area contributed by atoms with Crippen molar-refractivity contribution in [2.24, 2.45) is 0 Å². The fourth-order valence-electron chi connectivity index (χ4n) is 3.14. The largest absolute Gasteiger partial charge is 0.465 e. The van der Waals surface area contributed by atoms with E-state index in [1.165, 1.54) is 0 Å². The number of esters is 1. The maximum absolute atomic E-state index is 12.5. The van der Waals surface area contributed by atoms with Crippen molar-refractivity contribution in [2.75, 3.05) is 6.61 Å². The minimum absolute atomic E-state index is 0.100. The van der Waals surface area contributed by atoms with Crippen molar-refractivity contribution in [3.05, 3.63) is 12.7 Å². The Morgan fingerprint density at radius 2 is 2.35 bits per heavy atom. The van der Waals surface area contributed by atoms with Crippen LogP contribution in [0.1, 0.15) is 51.5 Å². The van der Waals surface area contributed by atoms with Crippen LogP contribution in [-0.4, -0.2) is 38.9 Å². The molecular weight excluding hydrogens is 256 g/mol. The molecule has 3 rings (SSSR count). The highest BCUT2D eigenvalue weighted by Gasteiger charge is 2.47. The number of hydrogen-bond donors (Lipinski definition) is 1. The molecule has 0 aliphatic heterocycles. The van der Waals surface area contributed by atoms with Gasteiger partial charge < -0.3 is 4.74 Å². The summed E-state index contributed by atoms with van der Waals surface area (Å²) >= 11 is 0. The minimum Gasteiger partial charge on any atom is -0.465 e. The summed E-state index contributed by atoms with van der Waals surface area (Å²) in [6.45, 7) is 2.29. The highest BCUT2D eigenvalue weighted by molar-refractivity contribution is 5.81. The summed E-state index contributed by atoms with van der Waals surface area (Å²) in [7, 11) is 0. The molecule has 2 aliphatic carbocycles. The summed E-state index contributed by atoms with van der Waals surface area (Å²) in [5, 5.41) is 7.78. The molecule has 1 heterocycles. The van der Waals surface area contributed by atoms with E-state index in [1.54, 1.807) is 12.7 Å².